The molecule has 0 bridgehead atoms. The van der Waals surface area contributed by atoms with E-state index in [9.17, 15) is 4.79 Å². The highest BCUT2D eigenvalue weighted by atomic mass is 16.5. The molecule has 2 unspecified atom stereocenters. The van der Waals surface area contributed by atoms with Crippen molar-refractivity contribution in [3.05, 3.63) is 48.0 Å². The van der Waals surface area contributed by atoms with E-state index in [4.69, 9.17) is 4.74 Å². The first kappa shape index (κ1) is 14.8. The highest BCUT2D eigenvalue weighted by molar-refractivity contribution is 5.86. The van der Waals surface area contributed by atoms with Crippen molar-refractivity contribution in [1.29, 1.82) is 0 Å². The Morgan fingerprint density at radius 3 is 2.55 bits per heavy atom. The molecule has 1 aliphatic rings. The molecule has 0 amide bonds. The van der Waals surface area contributed by atoms with Gasteiger partial charge in [0.2, 0.25) is 0 Å². The first-order valence-corrected chi connectivity index (χ1v) is 7.25. The zero-order chi connectivity index (χ0) is 14.9. The summed E-state index contributed by atoms with van der Waals surface area (Å²) in [7, 11) is 0. The second kappa shape index (κ2) is 5.43. The average Bonchev–Trinajstić information content (AvgIpc) is 2.98. The van der Waals surface area contributed by atoms with Gasteiger partial charge in [-0.25, -0.2) is 4.79 Å². The predicted molar refractivity (Wildman–Crippen MR) is 81.4 cm³/mol. The molecular weight excluding hydrogens is 248 g/mol. The van der Waals surface area contributed by atoms with Crippen LogP contribution in [0.1, 0.15) is 39.2 Å². The van der Waals surface area contributed by atoms with Crippen LogP contribution in [0.5, 0.6) is 0 Å². The van der Waals surface area contributed by atoms with Crippen LogP contribution in [0, 0.1) is 17.3 Å². The fourth-order valence-electron chi connectivity index (χ4n) is 3.38. The van der Waals surface area contributed by atoms with E-state index in [0.29, 0.717) is 29.9 Å². The van der Waals surface area contributed by atoms with Crippen LogP contribution < -0.4 is 0 Å². The summed E-state index contributed by atoms with van der Waals surface area (Å²) in [5, 5.41) is 0. The number of esters is 1. The van der Waals surface area contributed by atoms with Crippen LogP contribution >= 0.6 is 0 Å². The number of benzene rings is 1. The third-order valence-electron chi connectivity index (χ3n) is 4.96. The van der Waals surface area contributed by atoms with E-state index < -0.39 is 0 Å². The standard InChI is InChI=1S/C18H24O2/c1-12(2)17(19)20-11-18(5)14(4)16(18)13(3)15-9-7-6-8-10-15/h6-10,13-14,16H,1,11H2,2-5H3/t13-,14?,16?,18+/m0/s1. The molecule has 2 nitrogen and oxygen atoms in total. The largest absolute Gasteiger partial charge is 0.462 e. The van der Waals surface area contributed by atoms with E-state index in [1.807, 2.05) is 6.07 Å². The monoisotopic (exact) mass is 272 g/mol. The van der Waals surface area contributed by atoms with Gasteiger partial charge in [0.25, 0.3) is 0 Å². The van der Waals surface area contributed by atoms with Crippen LogP contribution in [0.2, 0.25) is 0 Å². The molecule has 2 heteroatoms. The second-order valence-electron chi connectivity index (χ2n) is 6.38. The molecular formula is C18H24O2. The van der Waals surface area contributed by atoms with Crippen molar-refractivity contribution in [2.45, 2.75) is 33.6 Å². The van der Waals surface area contributed by atoms with Gasteiger partial charge in [-0.1, -0.05) is 57.7 Å². The highest BCUT2D eigenvalue weighted by Crippen LogP contribution is 2.64. The summed E-state index contributed by atoms with van der Waals surface area (Å²) in [5.41, 5.74) is 1.91. The molecule has 0 aromatic heterocycles. The summed E-state index contributed by atoms with van der Waals surface area (Å²) in [4.78, 5) is 11.5. The summed E-state index contributed by atoms with van der Waals surface area (Å²) >= 11 is 0. The summed E-state index contributed by atoms with van der Waals surface area (Å²) in [5.74, 6) is 1.33. The predicted octanol–water partition coefficient (Wildman–Crippen LogP) is 4.18. The van der Waals surface area contributed by atoms with Gasteiger partial charge >= 0.3 is 5.97 Å². The molecule has 0 radical (unpaired) electrons. The number of hydrogen-bond donors (Lipinski definition) is 0. The Kier molecular flexibility index (Phi) is 4.03. The molecule has 1 saturated carbocycles. The van der Waals surface area contributed by atoms with Crippen molar-refractivity contribution in [2.75, 3.05) is 6.61 Å². The van der Waals surface area contributed by atoms with Gasteiger partial charge in [0.05, 0.1) is 6.61 Å². The van der Waals surface area contributed by atoms with Crippen molar-refractivity contribution < 1.29 is 9.53 Å². The van der Waals surface area contributed by atoms with Gasteiger partial charge in [-0.2, -0.15) is 0 Å². The van der Waals surface area contributed by atoms with E-state index >= 15 is 0 Å². The summed E-state index contributed by atoms with van der Waals surface area (Å²) in [6.45, 7) is 12.5. The minimum atomic E-state index is -0.281. The van der Waals surface area contributed by atoms with E-state index in [1.165, 1.54) is 5.56 Å². The van der Waals surface area contributed by atoms with E-state index in [-0.39, 0.29) is 11.4 Å². The molecule has 20 heavy (non-hydrogen) atoms. The lowest BCUT2D eigenvalue weighted by atomic mass is 9.91. The number of carbonyl (C=O) groups is 1. The van der Waals surface area contributed by atoms with Crippen molar-refractivity contribution in [1.82, 2.24) is 0 Å². The average molecular weight is 272 g/mol. The lowest BCUT2D eigenvalue weighted by molar-refractivity contribution is -0.140. The van der Waals surface area contributed by atoms with Crippen molar-refractivity contribution >= 4 is 5.97 Å². The lowest BCUT2D eigenvalue weighted by Gasteiger charge is -2.17. The Hall–Kier alpha value is -1.57. The Bertz CT molecular complexity index is 505. The SMILES string of the molecule is C=C(C)C(=O)OC[C@]1(C)C(C)C1[C@@H](C)c1ccccc1. The van der Waals surface area contributed by atoms with Crippen LogP contribution in [0.25, 0.3) is 0 Å². The normalized spacial score (nSPS) is 29.6. The van der Waals surface area contributed by atoms with Crippen LogP contribution in [-0.2, 0) is 9.53 Å². The first-order valence-electron chi connectivity index (χ1n) is 7.25. The second-order valence-corrected chi connectivity index (χ2v) is 6.38. The highest BCUT2D eigenvalue weighted by Gasteiger charge is 2.61. The molecule has 1 aromatic carbocycles. The maximum absolute atomic E-state index is 11.5. The molecule has 0 saturated heterocycles. The third kappa shape index (κ3) is 2.65. The molecule has 1 aliphatic carbocycles. The van der Waals surface area contributed by atoms with Gasteiger partial charge in [-0.05, 0) is 30.2 Å². The quantitative estimate of drug-likeness (QED) is 0.593. The minimum absolute atomic E-state index is 0.0837. The molecule has 0 spiro atoms. The molecule has 108 valence electrons. The first-order chi connectivity index (χ1) is 9.38. The van der Waals surface area contributed by atoms with Crippen LogP contribution in [-0.4, -0.2) is 12.6 Å². The zero-order valence-corrected chi connectivity index (χ0v) is 12.8. The maximum atomic E-state index is 11.5. The topological polar surface area (TPSA) is 26.3 Å². The number of ether oxygens (including phenoxy) is 1. The lowest BCUT2D eigenvalue weighted by Crippen LogP contribution is -2.16. The molecule has 1 aromatic rings. The van der Waals surface area contributed by atoms with Crippen molar-refractivity contribution in [2.24, 2.45) is 17.3 Å². The smallest absolute Gasteiger partial charge is 0.333 e. The van der Waals surface area contributed by atoms with Crippen LogP contribution in [0.4, 0.5) is 0 Å². The van der Waals surface area contributed by atoms with Gasteiger partial charge in [0.15, 0.2) is 0 Å². The number of rotatable bonds is 5. The van der Waals surface area contributed by atoms with Gasteiger partial charge in [-0.3, -0.25) is 0 Å². The Morgan fingerprint density at radius 1 is 1.40 bits per heavy atom. The van der Waals surface area contributed by atoms with Crippen LogP contribution in [0.3, 0.4) is 0 Å². The van der Waals surface area contributed by atoms with Crippen molar-refractivity contribution in [3.8, 4) is 0 Å². The summed E-state index contributed by atoms with van der Waals surface area (Å²) in [6.07, 6.45) is 0. The molecule has 0 aliphatic heterocycles. The minimum Gasteiger partial charge on any atom is -0.462 e. The molecule has 0 heterocycles. The fourth-order valence-corrected chi connectivity index (χ4v) is 3.38. The van der Waals surface area contributed by atoms with Gasteiger partial charge in [0.1, 0.15) is 0 Å². The van der Waals surface area contributed by atoms with Crippen molar-refractivity contribution in [3.63, 3.8) is 0 Å². The van der Waals surface area contributed by atoms with E-state index in [0.717, 1.165) is 0 Å². The Morgan fingerprint density at radius 2 is 2.00 bits per heavy atom. The summed E-state index contributed by atoms with van der Waals surface area (Å²) < 4.78 is 5.38. The van der Waals surface area contributed by atoms with Gasteiger partial charge in [-0.15, -0.1) is 0 Å². The molecule has 2 rings (SSSR count). The fraction of sp³-hybridized carbons (Fsp3) is 0.500. The molecule has 4 atom stereocenters. The van der Waals surface area contributed by atoms with E-state index in [2.05, 4.69) is 51.6 Å². The Labute approximate surface area is 121 Å². The van der Waals surface area contributed by atoms with Crippen LogP contribution in [0.15, 0.2) is 42.5 Å². The summed E-state index contributed by atoms with van der Waals surface area (Å²) in [6, 6.07) is 10.6. The number of carbonyl (C=O) groups excluding carboxylic acids is 1. The molecule has 1 fully saturated rings. The Balaban J connectivity index is 2.01. The van der Waals surface area contributed by atoms with Gasteiger partial charge < -0.3 is 4.74 Å². The maximum Gasteiger partial charge on any atom is 0.333 e. The zero-order valence-electron chi connectivity index (χ0n) is 12.8. The number of hydrogen-bond acceptors (Lipinski definition) is 2. The molecule has 0 N–H and O–H groups in total. The van der Waals surface area contributed by atoms with Gasteiger partial charge in [0, 0.05) is 11.0 Å². The van der Waals surface area contributed by atoms with E-state index in [1.54, 1.807) is 6.92 Å². The third-order valence-corrected chi connectivity index (χ3v) is 4.96.